The van der Waals surface area contributed by atoms with Crippen LogP contribution in [0.4, 0.5) is 0 Å². The summed E-state index contributed by atoms with van der Waals surface area (Å²) in [6.07, 6.45) is 0. The van der Waals surface area contributed by atoms with Crippen molar-refractivity contribution in [1.82, 2.24) is 0 Å². The van der Waals surface area contributed by atoms with Gasteiger partial charge in [-0.25, -0.2) is 13.6 Å². The molecule has 0 fully saturated rings. The molecule has 0 amide bonds. The summed E-state index contributed by atoms with van der Waals surface area (Å²) in [7, 11) is -3.82. The molecular formula is C15H16BrNO3S. The number of nitrogens with two attached hydrogens (primary N) is 1. The molecule has 2 rings (SSSR count). The zero-order chi connectivity index (χ0) is 15.6. The van der Waals surface area contributed by atoms with Gasteiger partial charge in [0.15, 0.2) is 0 Å². The lowest BCUT2D eigenvalue weighted by molar-refractivity contribution is 0.295. The van der Waals surface area contributed by atoms with Gasteiger partial charge in [-0.2, -0.15) is 0 Å². The molecule has 0 saturated carbocycles. The minimum Gasteiger partial charge on any atom is -0.487 e. The molecule has 0 unspecified atom stereocenters. The van der Waals surface area contributed by atoms with Gasteiger partial charge in [-0.1, -0.05) is 34.1 Å². The van der Waals surface area contributed by atoms with Crippen molar-refractivity contribution in [3.63, 3.8) is 0 Å². The first-order valence-electron chi connectivity index (χ1n) is 6.28. The molecule has 2 aromatic carbocycles. The van der Waals surface area contributed by atoms with E-state index in [4.69, 9.17) is 9.88 Å². The van der Waals surface area contributed by atoms with Gasteiger partial charge in [0, 0.05) is 4.47 Å². The first kappa shape index (κ1) is 16.0. The summed E-state index contributed by atoms with van der Waals surface area (Å²) in [5, 5.41) is 5.27. The molecular weight excluding hydrogens is 354 g/mol. The van der Waals surface area contributed by atoms with Crippen molar-refractivity contribution >= 4 is 26.0 Å². The third-order valence-corrected chi connectivity index (χ3v) is 4.43. The number of benzene rings is 2. The van der Waals surface area contributed by atoms with E-state index in [1.807, 2.05) is 37.3 Å². The van der Waals surface area contributed by atoms with Crippen LogP contribution in [0.5, 0.6) is 5.75 Å². The van der Waals surface area contributed by atoms with E-state index in [-0.39, 0.29) is 11.5 Å². The maximum atomic E-state index is 11.7. The highest BCUT2D eigenvalue weighted by Gasteiger charge is 2.18. The van der Waals surface area contributed by atoms with Gasteiger partial charge < -0.3 is 4.74 Å². The van der Waals surface area contributed by atoms with Gasteiger partial charge in [-0.15, -0.1) is 0 Å². The van der Waals surface area contributed by atoms with Gasteiger partial charge in [0.05, 0.1) is 0 Å². The van der Waals surface area contributed by atoms with Crippen molar-refractivity contribution in [2.24, 2.45) is 5.14 Å². The number of rotatable bonds is 4. The van der Waals surface area contributed by atoms with E-state index in [2.05, 4.69) is 15.9 Å². The molecule has 0 aromatic heterocycles. The van der Waals surface area contributed by atoms with Gasteiger partial charge in [0.25, 0.3) is 0 Å². The van der Waals surface area contributed by atoms with Crippen molar-refractivity contribution in [1.29, 1.82) is 0 Å². The Hall–Kier alpha value is -1.37. The molecule has 6 heteroatoms. The summed E-state index contributed by atoms with van der Waals surface area (Å²) in [4.78, 5) is 0.0251. The van der Waals surface area contributed by atoms with E-state index >= 15 is 0 Å². The number of primary sulfonamides is 1. The van der Waals surface area contributed by atoms with E-state index in [1.54, 1.807) is 6.92 Å². The third-order valence-electron chi connectivity index (χ3n) is 2.99. The third kappa shape index (κ3) is 4.06. The summed E-state index contributed by atoms with van der Waals surface area (Å²) in [6, 6.07) is 11.0. The Balaban J connectivity index is 2.33. The van der Waals surface area contributed by atoms with Crippen LogP contribution in [0.25, 0.3) is 0 Å². The fourth-order valence-corrected chi connectivity index (χ4v) is 3.14. The van der Waals surface area contributed by atoms with Crippen molar-refractivity contribution in [2.45, 2.75) is 25.3 Å². The maximum Gasteiger partial charge on any atom is 0.241 e. The van der Waals surface area contributed by atoms with Crippen LogP contribution in [-0.2, 0) is 16.6 Å². The maximum absolute atomic E-state index is 11.7. The molecule has 0 radical (unpaired) electrons. The van der Waals surface area contributed by atoms with Crippen LogP contribution in [0.3, 0.4) is 0 Å². The SMILES string of the molecule is Cc1cc(C)c(OCc2ccc(Br)cc2)c(S(N)(=O)=O)c1. The zero-order valence-corrected chi connectivity index (χ0v) is 14.2. The van der Waals surface area contributed by atoms with Crippen LogP contribution in [0, 0.1) is 13.8 Å². The lowest BCUT2D eigenvalue weighted by atomic mass is 10.1. The number of sulfonamides is 1. The molecule has 0 atom stereocenters. The highest BCUT2D eigenvalue weighted by molar-refractivity contribution is 9.10. The fourth-order valence-electron chi connectivity index (χ4n) is 2.05. The van der Waals surface area contributed by atoms with E-state index in [1.165, 1.54) is 6.07 Å². The van der Waals surface area contributed by atoms with E-state index in [0.717, 1.165) is 21.2 Å². The van der Waals surface area contributed by atoms with Crippen LogP contribution in [0.1, 0.15) is 16.7 Å². The Labute approximate surface area is 133 Å². The van der Waals surface area contributed by atoms with Crippen LogP contribution < -0.4 is 9.88 Å². The number of hydrogen-bond acceptors (Lipinski definition) is 3. The van der Waals surface area contributed by atoms with Crippen molar-refractivity contribution in [2.75, 3.05) is 0 Å². The monoisotopic (exact) mass is 369 g/mol. The number of hydrogen-bond donors (Lipinski definition) is 1. The van der Waals surface area contributed by atoms with E-state index < -0.39 is 10.0 Å². The molecule has 0 aliphatic carbocycles. The number of aryl methyl sites for hydroxylation is 2. The minimum atomic E-state index is -3.82. The van der Waals surface area contributed by atoms with Gasteiger partial charge in [0.1, 0.15) is 17.3 Å². The van der Waals surface area contributed by atoms with Crippen LogP contribution in [0.15, 0.2) is 45.8 Å². The van der Waals surface area contributed by atoms with Gasteiger partial charge >= 0.3 is 0 Å². The Morgan fingerprint density at radius 2 is 1.76 bits per heavy atom. The summed E-state index contributed by atoms with van der Waals surface area (Å²) in [5.74, 6) is 0.311. The smallest absolute Gasteiger partial charge is 0.241 e. The lowest BCUT2D eigenvalue weighted by Gasteiger charge is -2.14. The first-order chi connectivity index (χ1) is 9.77. The van der Waals surface area contributed by atoms with Crippen LogP contribution >= 0.6 is 15.9 Å². The second-order valence-electron chi connectivity index (χ2n) is 4.87. The summed E-state index contributed by atoms with van der Waals surface area (Å²) in [6.45, 7) is 3.90. The highest BCUT2D eigenvalue weighted by atomic mass is 79.9. The first-order valence-corrected chi connectivity index (χ1v) is 8.62. The quantitative estimate of drug-likeness (QED) is 0.898. The fraction of sp³-hybridized carbons (Fsp3) is 0.200. The Bertz CT molecular complexity index is 755. The summed E-state index contributed by atoms with van der Waals surface area (Å²) >= 11 is 3.36. The minimum absolute atomic E-state index is 0.0251. The zero-order valence-electron chi connectivity index (χ0n) is 11.8. The average molecular weight is 370 g/mol. The Morgan fingerprint density at radius 1 is 1.14 bits per heavy atom. The summed E-state index contributed by atoms with van der Waals surface area (Å²) < 4.78 is 30.1. The highest BCUT2D eigenvalue weighted by Crippen LogP contribution is 2.29. The molecule has 21 heavy (non-hydrogen) atoms. The van der Waals surface area contributed by atoms with Crippen molar-refractivity contribution in [3.8, 4) is 5.75 Å². The standard InChI is InChI=1S/C15H16BrNO3S/c1-10-7-11(2)15(14(8-10)21(17,18)19)20-9-12-3-5-13(16)6-4-12/h3-8H,9H2,1-2H3,(H2,17,18,19). The molecule has 112 valence electrons. The molecule has 2 aromatic rings. The lowest BCUT2D eigenvalue weighted by Crippen LogP contribution is -2.15. The molecule has 0 bridgehead atoms. The summed E-state index contributed by atoms with van der Waals surface area (Å²) in [5.41, 5.74) is 2.52. The molecule has 0 spiro atoms. The normalized spacial score (nSPS) is 11.4. The molecule has 4 nitrogen and oxygen atoms in total. The van der Waals surface area contributed by atoms with E-state index in [0.29, 0.717) is 5.75 Å². The average Bonchev–Trinajstić information content (AvgIpc) is 2.38. The number of ether oxygens (including phenoxy) is 1. The van der Waals surface area contributed by atoms with E-state index in [9.17, 15) is 8.42 Å². The molecule has 0 heterocycles. The number of halogens is 1. The van der Waals surface area contributed by atoms with Crippen LogP contribution in [-0.4, -0.2) is 8.42 Å². The van der Waals surface area contributed by atoms with Gasteiger partial charge in [0.2, 0.25) is 10.0 Å². The largest absolute Gasteiger partial charge is 0.487 e. The molecule has 0 aliphatic heterocycles. The second kappa shape index (κ2) is 6.17. The second-order valence-corrected chi connectivity index (χ2v) is 7.31. The predicted octanol–water partition coefficient (Wildman–Crippen LogP) is 3.29. The molecule has 2 N–H and O–H groups in total. The van der Waals surface area contributed by atoms with Gasteiger partial charge in [-0.3, -0.25) is 0 Å². The topological polar surface area (TPSA) is 69.4 Å². The Kier molecular flexibility index (Phi) is 4.70. The predicted molar refractivity (Wildman–Crippen MR) is 85.8 cm³/mol. The van der Waals surface area contributed by atoms with Crippen molar-refractivity contribution in [3.05, 3.63) is 57.6 Å². The Morgan fingerprint density at radius 3 is 2.33 bits per heavy atom. The van der Waals surface area contributed by atoms with Gasteiger partial charge in [-0.05, 0) is 48.7 Å². The van der Waals surface area contributed by atoms with Crippen LogP contribution in [0.2, 0.25) is 0 Å². The molecule has 0 aliphatic rings. The molecule has 0 saturated heterocycles. The van der Waals surface area contributed by atoms with Crippen molar-refractivity contribution < 1.29 is 13.2 Å².